The molecule has 0 aliphatic carbocycles. The standard InChI is InChI=1S/C25H19BrN2O5S/c26-17-8-4-15(5-9-17)21(29)14-33-25(32)16-6-10-19(11-7-16)28-23(30)13-22(24(28)31)34-20-3-1-2-18(27)12-20/h1-12,22H,13-14,27H2/t22-/m1/s1. The summed E-state index contributed by atoms with van der Waals surface area (Å²) < 4.78 is 5.95. The summed E-state index contributed by atoms with van der Waals surface area (Å²) in [5.41, 5.74) is 7.38. The quantitative estimate of drug-likeness (QED) is 0.204. The zero-order valence-corrected chi connectivity index (χ0v) is 20.2. The second-order valence-corrected chi connectivity index (χ2v) is 9.70. The van der Waals surface area contributed by atoms with Gasteiger partial charge in [-0.25, -0.2) is 9.69 Å². The molecular formula is C25H19BrN2O5S. The second kappa shape index (κ2) is 10.2. The van der Waals surface area contributed by atoms with Crippen LogP contribution in [0.5, 0.6) is 0 Å². The zero-order valence-electron chi connectivity index (χ0n) is 17.8. The molecule has 1 saturated heterocycles. The number of ketones is 1. The van der Waals surface area contributed by atoms with Gasteiger partial charge in [0, 0.05) is 27.0 Å². The number of imide groups is 1. The first-order valence-corrected chi connectivity index (χ1v) is 11.9. The number of nitrogens with two attached hydrogens (primary N) is 1. The Morgan fingerprint density at radius 1 is 1.00 bits per heavy atom. The van der Waals surface area contributed by atoms with Crippen molar-refractivity contribution in [2.45, 2.75) is 16.6 Å². The van der Waals surface area contributed by atoms with Crippen LogP contribution >= 0.6 is 27.7 Å². The Labute approximate surface area is 208 Å². The van der Waals surface area contributed by atoms with Crippen molar-refractivity contribution in [3.63, 3.8) is 0 Å². The molecule has 0 spiro atoms. The molecule has 34 heavy (non-hydrogen) atoms. The molecule has 3 aromatic rings. The molecule has 0 bridgehead atoms. The molecule has 0 radical (unpaired) electrons. The van der Waals surface area contributed by atoms with Gasteiger partial charge in [0.2, 0.25) is 11.8 Å². The summed E-state index contributed by atoms with van der Waals surface area (Å²) in [7, 11) is 0. The molecule has 1 aliphatic heterocycles. The fourth-order valence-electron chi connectivity index (χ4n) is 3.40. The number of esters is 1. The van der Waals surface area contributed by atoms with Crippen molar-refractivity contribution in [1.29, 1.82) is 0 Å². The van der Waals surface area contributed by atoms with Crippen LogP contribution in [0.1, 0.15) is 27.1 Å². The number of anilines is 2. The van der Waals surface area contributed by atoms with Crippen LogP contribution in [0.4, 0.5) is 11.4 Å². The largest absolute Gasteiger partial charge is 0.454 e. The van der Waals surface area contributed by atoms with Gasteiger partial charge in [-0.15, -0.1) is 11.8 Å². The smallest absolute Gasteiger partial charge is 0.338 e. The first kappa shape index (κ1) is 23.7. The number of Topliss-reactive ketones (excluding diaryl/α,β-unsaturated/α-hetero) is 1. The summed E-state index contributed by atoms with van der Waals surface area (Å²) in [6, 6.07) is 19.8. The summed E-state index contributed by atoms with van der Waals surface area (Å²) in [4.78, 5) is 51.9. The minimum absolute atomic E-state index is 0.0697. The van der Waals surface area contributed by atoms with Crippen LogP contribution in [0.2, 0.25) is 0 Å². The molecule has 0 aromatic heterocycles. The lowest BCUT2D eigenvalue weighted by atomic mass is 10.1. The van der Waals surface area contributed by atoms with E-state index in [0.29, 0.717) is 16.9 Å². The maximum atomic E-state index is 12.9. The average Bonchev–Trinajstić information content (AvgIpc) is 3.10. The Morgan fingerprint density at radius 3 is 2.35 bits per heavy atom. The first-order valence-electron chi connectivity index (χ1n) is 10.3. The lowest BCUT2D eigenvalue weighted by molar-refractivity contribution is -0.121. The summed E-state index contributed by atoms with van der Waals surface area (Å²) in [5.74, 6) is -1.64. The number of benzene rings is 3. The second-order valence-electron chi connectivity index (χ2n) is 7.50. The number of hydrogen-bond donors (Lipinski definition) is 1. The summed E-state index contributed by atoms with van der Waals surface area (Å²) >= 11 is 4.59. The average molecular weight is 539 g/mol. The topological polar surface area (TPSA) is 107 Å². The normalized spacial score (nSPS) is 15.4. The van der Waals surface area contributed by atoms with Gasteiger partial charge >= 0.3 is 5.97 Å². The maximum absolute atomic E-state index is 12.9. The van der Waals surface area contributed by atoms with Crippen molar-refractivity contribution in [3.8, 4) is 0 Å². The van der Waals surface area contributed by atoms with Crippen molar-refractivity contribution in [1.82, 2.24) is 0 Å². The fourth-order valence-corrected chi connectivity index (χ4v) is 4.79. The van der Waals surface area contributed by atoms with E-state index in [4.69, 9.17) is 10.5 Å². The summed E-state index contributed by atoms with van der Waals surface area (Å²) in [6.07, 6.45) is 0.0697. The number of hydrogen-bond acceptors (Lipinski definition) is 7. The lowest BCUT2D eigenvalue weighted by Crippen LogP contribution is -2.31. The number of ether oxygens (including phenoxy) is 1. The van der Waals surface area contributed by atoms with Crippen LogP contribution in [-0.4, -0.2) is 35.4 Å². The molecule has 0 unspecified atom stereocenters. The molecule has 1 heterocycles. The number of thioether (sulfide) groups is 1. The van der Waals surface area contributed by atoms with E-state index in [0.717, 1.165) is 14.3 Å². The van der Waals surface area contributed by atoms with E-state index in [-0.39, 0.29) is 29.6 Å². The van der Waals surface area contributed by atoms with Crippen molar-refractivity contribution in [2.75, 3.05) is 17.2 Å². The Morgan fingerprint density at radius 2 is 1.68 bits per heavy atom. The molecule has 0 saturated carbocycles. The number of amides is 2. The van der Waals surface area contributed by atoms with E-state index < -0.39 is 17.8 Å². The van der Waals surface area contributed by atoms with Crippen LogP contribution in [-0.2, 0) is 14.3 Å². The number of carbonyl (C=O) groups excluding carboxylic acids is 4. The van der Waals surface area contributed by atoms with Crippen LogP contribution in [0.3, 0.4) is 0 Å². The Bertz CT molecular complexity index is 1260. The Balaban J connectivity index is 1.38. The van der Waals surface area contributed by atoms with E-state index in [1.165, 1.54) is 36.0 Å². The molecule has 7 nitrogen and oxygen atoms in total. The molecule has 2 amide bonds. The third-order valence-corrected chi connectivity index (χ3v) is 6.81. The molecule has 2 N–H and O–H groups in total. The predicted molar refractivity (Wildman–Crippen MR) is 133 cm³/mol. The first-order chi connectivity index (χ1) is 16.3. The Hall–Kier alpha value is -3.43. The van der Waals surface area contributed by atoms with Gasteiger partial charge in [0.25, 0.3) is 0 Å². The minimum Gasteiger partial charge on any atom is -0.454 e. The zero-order chi connectivity index (χ0) is 24.2. The molecule has 1 fully saturated rings. The van der Waals surface area contributed by atoms with Crippen LogP contribution in [0.15, 0.2) is 82.2 Å². The van der Waals surface area contributed by atoms with E-state index in [1.807, 2.05) is 6.07 Å². The highest BCUT2D eigenvalue weighted by Gasteiger charge is 2.40. The molecule has 3 aromatic carbocycles. The predicted octanol–water partition coefficient (Wildman–Crippen LogP) is 4.50. The molecule has 4 rings (SSSR count). The van der Waals surface area contributed by atoms with Crippen LogP contribution < -0.4 is 10.6 Å². The van der Waals surface area contributed by atoms with Crippen molar-refractivity contribution < 1.29 is 23.9 Å². The number of carbonyl (C=O) groups is 4. The van der Waals surface area contributed by atoms with Gasteiger partial charge in [-0.1, -0.05) is 34.1 Å². The van der Waals surface area contributed by atoms with E-state index in [9.17, 15) is 19.2 Å². The van der Waals surface area contributed by atoms with E-state index >= 15 is 0 Å². The number of nitrogen functional groups attached to an aromatic ring is 1. The molecule has 1 atom stereocenters. The summed E-state index contributed by atoms with van der Waals surface area (Å²) in [6.45, 7) is -0.395. The van der Waals surface area contributed by atoms with Gasteiger partial charge in [-0.3, -0.25) is 14.4 Å². The van der Waals surface area contributed by atoms with E-state index in [1.54, 1.807) is 42.5 Å². The number of rotatable bonds is 7. The van der Waals surface area contributed by atoms with Crippen molar-refractivity contribution in [3.05, 3.63) is 88.4 Å². The van der Waals surface area contributed by atoms with E-state index in [2.05, 4.69) is 15.9 Å². The van der Waals surface area contributed by atoms with Crippen molar-refractivity contribution in [2.24, 2.45) is 0 Å². The highest BCUT2D eigenvalue weighted by molar-refractivity contribution is 9.10. The highest BCUT2D eigenvalue weighted by Crippen LogP contribution is 2.34. The van der Waals surface area contributed by atoms with Gasteiger partial charge in [0.05, 0.1) is 16.5 Å². The van der Waals surface area contributed by atoms with Crippen molar-refractivity contribution >= 4 is 62.6 Å². The highest BCUT2D eigenvalue weighted by atomic mass is 79.9. The third kappa shape index (κ3) is 5.37. The lowest BCUT2D eigenvalue weighted by Gasteiger charge is -2.15. The molecule has 172 valence electrons. The monoisotopic (exact) mass is 538 g/mol. The van der Waals surface area contributed by atoms with Gasteiger partial charge in [-0.2, -0.15) is 0 Å². The molecule has 1 aliphatic rings. The summed E-state index contributed by atoms with van der Waals surface area (Å²) in [5, 5.41) is -0.552. The SMILES string of the molecule is Nc1cccc(S[C@@H]2CC(=O)N(c3ccc(C(=O)OCC(=O)c4ccc(Br)cc4)cc3)C2=O)c1. The molecular weight excluding hydrogens is 520 g/mol. The number of nitrogens with zero attached hydrogens (tertiary/aromatic N) is 1. The maximum Gasteiger partial charge on any atom is 0.338 e. The van der Waals surface area contributed by atoms with Gasteiger partial charge in [0.15, 0.2) is 12.4 Å². The molecule has 9 heteroatoms. The third-order valence-electron chi connectivity index (χ3n) is 5.10. The van der Waals surface area contributed by atoms with Gasteiger partial charge in [-0.05, 0) is 54.6 Å². The van der Waals surface area contributed by atoms with Crippen LogP contribution in [0, 0.1) is 0 Å². The van der Waals surface area contributed by atoms with Gasteiger partial charge < -0.3 is 10.5 Å². The fraction of sp³-hybridized carbons (Fsp3) is 0.120. The van der Waals surface area contributed by atoms with Crippen LogP contribution in [0.25, 0.3) is 0 Å². The minimum atomic E-state index is -0.675. The number of halogens is 1. The Kier molecular flexibility index (Phi) is 7.14. The van der Waals surface area contributed by atoms with Gasteiger partial charge in [0.1, 0.15) is 0 Å².